The van der Waals surface area contributed by atoms with E-state index in [2.05, 4.69) is 9.71 Å². The minimum Gasteiger partial charge on any atom is -0.495 e. The smallest absolute Gasteiger partial charge is 0.235 e. The van der Waals surface area contributed by atoms with Gasteiger partial charge in [0.15, 0.2) is 9.84 Å². The van der Waals surface area contributed by atoms with Crippen molar-refractivity contribution in [3.05, 3.63) is 42.7 Å². The number of hydrogen-bond donors (Lipinski definition) is 1. The highest BCUT2D eigenvalue weighted by Gasteiger charge is 2.36. The zero-order chi connectivity index (χ0) is 22.6. The van der Waals surface area contributed by atoms with Crippen molar-refractivity contribution in [1.82, 2.24) is 9.38 Å². The van der Waals surface area contributed by atoms with Gasteiger partial charge in [-0.2, -0.15) is 0 Å². The molecule has 10 heteroatoms. The third-order valence-electron chi connectivity index (χ3n) is 5.27. The molecule has 0 saturated heterocycles. The lowest BCUT2D eigenvalue weighted by Crippen LogP contribution is -2.28. The molecule has 1 saturated carbocycles. The first-order valence-electron chi connectivity index (χ1n) is 9.86. The summed E-state index contributed by atoms with van der Waals surface area (Å²) in [6.45, 7) is 4.91. The Morgan fingerprint density at radius 2 is 1.84 bits per heavy atom. The van der Waals surface area contributed by atoms with Crippen molar-refractivity contribution >= 4 is 31.2 Å². The molecule has 166 valence electrons. The molecular formula is C21H25N3O5S2. The van der Waals surface area contributed by atoms with Crippen molar-refractivity contribution in [3.63, 3.8) is 0 Å². The molecule has 1 N–H and O–H groups in total. The van der Waals surface area contributed by atoms with Crippen LogP contribution in [-0.4, -0.2) is 43.3 Å². The minimum atomic E-state index is -3.69. The minimum absolute atomic E-state index is 0.0693. The molecule has 1 aromatic carbocycles. The lowest BCUT2D eigenvalue weighted by Gasteiger charge is -2.21. The molecule has 8 nitrogen and oxygen atoms in total. The third kappa shape index (κ3) is 3.89. The van der Waals surface area contributed by atoms with Gasteiger partial charge in [0.25, 0.3) is 0 Å². The van der Waals surface area contributed by atoms with E-state index in [1.165, 1.54) is 13.3 Å². The fourth-order valence-corrected chi connectivity index (χ4v) is 5.95. The van der Waals surface area contributed by atoms with Crippen molar-refractivity contribution in [2.45, 2.75) is 48.5 Å². The standard InChI is InChI=1S/C21H25N3O5S2/c1-21(2,3)30(25,26)19-13-24-17(12-22-20(24)11-18(19)29-4)14-6-5-7-15(10-14)23-31(27,28)16-8-9-16/h5-7,10-13,16,23H,8-9H2,1-4H3. The second kappa shape index (κ2) is 7.23. The summed E-state index contributed by atoms with van der Waals surface area (Å²) < 4.78 is 59.5. The van der Waals surface area contributed by atoms with Gasteiger partial charge in [-0.1, -0.05) is 12.1 Å². The monoisotopic (exact) mass is 463 g/mol. The molecule has 3 aromatic rings. The number of sulfonamides is 1. The Balaban J connectivity index is 1.83. The summed E-state index contributed by atoms with van der Waals surface area (Å²) in [7, 11) is -5.65. The number of ether oxygens (including phenoxy) is 1. The Bertz CT molecular complexity index is 1370. The predicted octanol–water partition coefficient (Wildman–Crippen LogP) is 3.49. The third-order valence-corrected chi connectivity index (χ3v) is 9.64. The number of anilines is 1. The van der Waals surface area contributed by atoms with E-state index >= 15 is 0 Å². The molecule has 0 unspecified atom stereocenters. The Labute approximate surface area is 182 Å². The number of rotatable bonds is 6. The van der Waals surface area contributed by atoms with E-state index in [1.54, 1.807) is 55.6 Å². The van der Waals surface area contributed by atoms with E-state index in [9.17, 15) is 16.8 Å². The number of aromatic nitrogens is 2. The molecule has 31 heavy (non-hydrogen) atoms. The maximum Gasteiger partial charge on any atom is 0.235 e. The van der Waals surface area contributed by atoms with E-state index in [0.717, 1.165) is 0 Å². The van der Waals surface area contributed by atoms with Crippen LogP contribution in [0.4, 0.5) is 5.69 Å². The lowest BCUT2D eigenvalue weighted by molar-refractivity contribution is 0.401. The van der Waals surface area contributed by atoms with Gasteiger partial charge >= 0.3 is 0 Å². The average molecular weight is 464 g/mol. The Morgan fingerprint density at radius 3 is 2.45 bits per heavy atom. The molecule has 0 radical (unpaired) electrons. The molecule has 0 amide bonds. The van der Waals surface area contributed by atoms with E-state index in [-0.39, 0.29) is 15.9 Å². The molecule has 0 atom stereocenters. The Kier molecular flexibility index (Phi) is 5.05. The number of fused-ring (bicyclic) bond motifs is 1. The molecule has 1 fully saturated rings. The van der Waals surface area contributed by atoms with Crippen LogP contribution in [0.15, 0.2) is 47.6 Å². The van der Waals surface area contributed by atoms with Gasteiger partial charge in [0.1, 0.15) is 16.3 Å². The highest BCUT2D eigenvalue weighted by atomic mass is 32.2. The number of benzene rings is 1. The molecular weight excluding hydrogens is 438 g/mol. The molecule has 1 aliphatic rings. The Morgan fingerprint density at radius 1 is 1.13 bits per heavy atom. The van der Waals surface area contributed by atoms with Gasteiger partial charge in [-0.15, -0.1) is 0 Å². The fraction of sp³-hybridized carbons (Fsp3) is 0.381. The quantitative estimate of drug-likeness (QED) is 0.600. The summed E-state index contributed by atoms with van der Waals surface area (Å²) in [6.07, 6.45) is 4.49. The van der Waals surface area contributed by atoms with E-state index in [0.29, 0.717) is 35.4 Å². The zero-order valence-electron chi connectivity index (χ0n) is 17.8. The summed E-state index contributed by atoms with van der Waals surface area (Å²) in [4.78, 5) is 4.45. The van der Waals surface area contributed by atoms with Crippen LogP contribution in [-0.2, 0) is 19.9 Å². The maximum absolute atomic E-state index is 13.1. The van der Waals surface area contributed by atoms with Crippen LogP contribution < -0.4 is 9.46 Å². The first kappa shape index (κ1) is 21.6. The molecule has 1 aliphatic carbocycles. The summed E-state index contributed by atoms with van der Waals surface area (Å²) in [5.41, 5.74) is 2.31. The number of nitrogens with one attached hydrogen (secondary N) is 1. The van der Waals surface area contributed by atoms with Crippen LogP contribution in [0.2, 0.25) is 0 Å². The number of nitrogens with zero attached hydrogens (tertiary/aromatic N) is 2. The number of sulfone groups is 1. The number of hydrogen-bond acceptors (Lipinski definition) is 6. The Hall–Kier alpha value is -2.59. The van der Waals surface area contributed by atoms with Crippen molar-refractivity contribution in [1.29, 1.82) is 0 Å². The summed E-state index contributed by atoms with van der Waals surface area (Å²) in [6, 6.07) is 8.55. The van der Waals surface area contributed by atoms with Gasteiger partial charge in [0.2, 0.25) is 10.0 Å². The average Bonchev–Trinajstić information content (AvgIpc) is 3.47. The number of methoxy groups -OCH3 is 1. The van der Waals surface area contributed by atoms with E-state index in [1.807, 2.05) is 6.07 Å². The summed E-state index contributed by atoms with van der Waals surface area (Å²) in [5, 5.41) is -0.329. The molecule has 0 spiro atoms. The summed E-state index contributed by atoms with van der Waals surface area (Å²) >= 11 is 0. The predicted molar refractivity (Wildman–Crippen MR) is 120 cm³/mol. The van der Waals surface area contributed by atoms with Crippen LogP contribution in [0.3, 0.4) is 0 Å². The fourth-order valence-electron chi connectivity index (χ4n) is 3.26. The first-order valence-corrected chi connectivity index (χ1v) is 12.9. The van der Waals surface area contributed by atoms with Crippen molar-refractivity contribution < 1.29 is 21.6 Å². The largest absolute Gasteiger partial charge is 0.495 e. The topological polar surface area (TPSA) is 107 Å². The molecule has 0 bridgehead atoms. The second-order valence-electron chi connectivity index (χ2n) is 8.62. The molecule has 0 aliphatic heterocycles. The van der Waals surface area contributed by atoms with Crippen molar-refractivity contribution in [2.24, 2.45) is 0 Å². The van der Waals surface area contributed by atoms with Gasteiger partial charge in [-0.3, -0.25) is 9.12 Å². The van der Waals surface area contributed by atoms with Gasteiger partial charge in [0.05, 0.1) is 29.0 Å². The molecule has 4 rings (SSSR count). The van der Waals surface area contributed by atoms with Gasteiger partial charge in [-0.25, -0.2) is 21.8 Å². The zero-order valence-corrected chi connectivity index (χ0v) is 19.4. The second-order valence-corrected chi connectivity index (χ2v) is 13.3. The number of pyridine rings is 1. The van der Waals surface area contributed by atoms with Crippen LogP contribution in [0.25, 0.3) is 16.9 Å². The maximum atomic E-state index is 13.1. The van der Waals surface area contributed by atoms with Crippen LogP contribution in [0.5, 0.6) is 5.75 Å². The van der Waals surface area contributed by atoms with E-state index in [4.69, 9.17) is 4.74 Å². The lowest BCUT2D eigenvalue weighted by atomic mass is 10.1. The molecule has 2 aromatic heterocycles. The van der Waals surface area contributed by atoms with Crippen molar-refractivity contribution in [3.8, 4) is 17.0 Å². The highest BCUT2D eigenvalue weighted by molar-refractivity contribution is 7.93. The normalized spacial score (nSPS) is 15.2. The summed E-state index contributed by atoms with van der Waals surface area (Å²) in [5.74, 6) is 0.227. The SMILES string of the molecule is COc1cc2ncc(-c3cccc(NS(=O)(=O)C4CC4)c3)n2cc1S(=O)(=O)C(C)(C)C. The van der Waals surface area contributed by atoms with Crippen LogP contribution in [0.1, 0.15) is 33.6 Å². The first-order chi connectivity index (χ1) is 14.4. The van der Waals surface area contributed by atoms with Gasteiger partial charge in [-0.05, 0) is 45.7 Å². The van der Waals surface area contributed by atoms with Crippen LogP contribution >= 0.6 is 0 Å². The van der Waals surface area contributed by atoms with Gasteiger partial charge in [0, 0.05) is 23.5 Å². The highest BCUT2D eigenvalue weighted by Crippen LogP contribution is 2.35. The van der Waals surface area contributed by atoms with Gasteiger partial charge < -0.3 is 4.74 Å². The van der Waals surface area contributed by atoms with E-state index < -0.39 is 24.6 Å². The van der Waals surface area contributed by atoms with Crippen LogP contribution in [0, 0.1) is 0 Å². The molecule has 2 heterocycles. The van der Waals surface area contributed by atoms with Crippen molar-refractivity contribution in [2.75, 3.05) is 11.8 Å². The number of imidazole rings is 1.